The number of fused-ring (bicyclic) bond motifs is 4. The molecule has 5 atom stereocenters. The van der Waals surface area contributed by atoms with Gasteiger partial charge in [0.15, 0.2) is 5.78 Å². The summed E-state index contributed by atoms with van der Waals surface area (Å²) in [7, 11) is 2.17. The Labute approximate surface area is 250 Å². The molecule has 0 heterocycles. The van der Waals surface area contributed by atoms with Crippen LogP contribution in [-0.2, 0) is 14.4 Å². The fraction of sp³-hybridized carbons (Fsp3) is 0.649. The Morgan fingerprint density at radius 1 is 1.00 bits per heavy atom. The number of nitrogens with zero attached hydrogens (tertiary/aromatic N) is 1. The van der Waals surface area contributed by atoms with Crippen LogP contribution >= 0.6 is 0 Å². The first-order valence-electron chi connectivity index (χ1n) is 16.1. The molecule has 4 nitrogen and oxygen atoms in total. The summed E-state index contributed by atoms with van der Waals surface area (Å²) in [4.78, 5) is 37.9. The molecule has 0 N–H and O–H groups in total. The van der Waals surface area contributed by atoms with Crippen molar-refractivity contribution >= 4 is 23.5 Å². The summed E-state index contributed by atoms with van der Waals surface area (Å²) in [5.74, 6) is 2.26. The van der Waals surface area contributed by atoms with E-state index in [0.717, 1.165) is 77.0 Å². The zero-order valence-corrected chi connectivity index (χ0v) is 25.6. The second-order valence-electron chi connectivity index (χ2n) is 12.7. The normalized spacial score (nSPS) is 28.2. The van der Waals surface area contributed by atoms with Crippen molar-refractivity contribution in [2.45, 2.75) is 118 Å². The molecular weight excluding hydrogens is 506 g/mol. The molecule has 0 bridgehead atoms. The second-order valence-corrected chi connectivity index (χ2v) is 12.7. The fourth-order valence-corrected chi connectivity index (χ4v) is 8.65. The van der Waals surface area contributed by atoms with Crippen molar-refractivity contribution in [2.24, 2.45) is 23.2 Å². The summed E-state index contributed by atoms with van der Waals surface area (Å²) >= 11 is 0. The van der Waals surface area contributed by atoms with E-state index in [1.54, 1.807) is 5.57 Å². The number of aldehydes is 1. The molecule has 4 aliphatic carbocycles. The van der Waals surface area contributed by atoms with E-state index in [1.807, 2.05) is 26.8 Å². The number of hydrogen-bond acceptors (Lipinski definition) is 4. The Bertz CT molecular complexity index is 1130. The van der Waals surface area contributed by atoms with Crippen LogP contribution in [0.3, 0.4) is 0 Å². The standard InChI is InChI=1S/C34H45NO3.C2H6.CH4/c1-23(37)31-17-18-32-29-15-11-25-21-27(38)14-16-28(25)33(29)30(22-34(31,32)2)24-9-12-26(13-10-24)35(3)19-7-5-4-6-8-20-36;1-2;/h9-10,12-13,20-21,29-32H,4-8,11,14-19,22H2,1-3H3;1-2H3;1H4. The maximum Gasteiger partial charge on any atom is 0.156 e. The van der Waals surface area contributed by atoms with E-state index in [0.29, 0.717) is 36.4 Å². The fourth-order valence-electron chi connectivity index (χ4n) is 8.65. The zero-order valence-electron chi connectivity index (χ0n) is 25.6. The third kappa shape index (κ3) is 6.78. The highest BCUT2D eigenvalue weighted by atomic mass is 16.1. The molecule has 41 heavy (non-hydrogen) atoms. The number of allylic oxidation sites excluding steroid dienone is 4. The molecule has 1 aromatic rings. The number of hydrogen-bond donors (Lipinski definition) is 0. The number of carbonyl (C=O) groups excluding carboxylic acids is 3. The topological polar surface area (TPSA) is 54.5 Å². The van der Waals surface area contributed by atoms with Crippen molar-refractivity contribution in [1.82, 2.24) is 0 Å². The molecule has 2 saturated carbocycles. The van der Waals surface area contributed by atoms with Gasteiger partial charge in [0, 0.05) is 44.0 Å². The van der Waals surface area contributed by atoms with Gasteiger partial charge in [0.05, 0.1) is 0 Å². The van der Waals surface area contributed by atoms with Crippen LogP contribution in [0.15, 0.2) is 47.1 Å². The van der Waals surface area contributed by atoms with Gasteiger partial charge in [-0.3, -0.25) is 9.59 Å². The van der Waals surface area contributed by atoms with Crippen LogP contribution in [0.5, 0.6) is 0 Å². The average Bonchev–Trinajstić information content (AvgIpc) is 3.32. The van der Waals surface area contributed by atoms with Gasteiger partial charge in [-0.15, -0.1) is 0 Å². The van der Waals surface area contributed by atoms with Crippen molar-refractivity contribution in [3.05, 3.63) is 52.6 Å². The lowest BCUT2D eigenvalue weighted by molar-refractivity contribution is -0.125. The van der Waals surface area contributed by atoms with E-state index in [4.69, 9.17) is 0 Å². The number of benzene rings is 1. The van der Waals surface area contributed by atoms with Crippen LogP contribution in [0.25, 0.3) is 0 Å². The Morgan fingerprint density at radius 2 is 1.71 bits per heavy atom. The number of carbonyl (C=O) groups is 3. The van der Waals surface area contributed by atoms with Gasteiger partial charge < -0.3 is 9.69 Å². The van der Waals surface area contributed by atoms with E-state index in [-0.39, 0.29) is 24.5 Å². The SMILES string of the molecule is C.CC.CC(=O)C1CCC2C3CCC4=CC(=O)CCC4=C3C(c3ccc(N(C)CCCCCCC=O)cc3)CC12C. The van der Waals surface area contributed by atoms with Crippen molar-refractivity contribution in [2.75, 3.05) is 18.5 Å². The van der Waals surface area contributed by atoms with E-state index in [1.165, 1.54) is 22.4 Å². The van der Waals surface area contributed by atoms with E-state index < -0.39 is 0 Å². The highest BCUT2D eigenvalue weighted by Gasteiger charge is 2.57. The van der Waals surface area contributed by atoms with Crippen molar-refractivity contribution in [1.29, 1.82) is 0 Å². The molecule has 4 aliphatic rings. The van der Waals surface area contributed by atoms with Crippen LogP contribution in [0.4, 0.5) is 5.69 Å². The van der Waals surface area contributed by atoms with Crippen LogP contribution < -0.4 is 4.90 Å². The molecule has 2 fully saturated rings. The maximum atomic E-state index is 12.8. The monoisotopic (exact) mass is 561 g/mol. The quantitative estimate of drug-likeness (QED) is 0.211. The predicted molar refractivity (Wildman–Crippen MR) is 171 cm³/mol. The summed E-state index contributed by atoms with van der Waals surface area (Å²) in [5, 5.41) is 0. The Kier molecular flexibility index (Phi) is 11.8. The first kappa shape index (κ1) is 33.0. The van der Waals surface area contributed by atoms with Gasteiger partial charge in [0.2, 0.25) is 0 Å². The molecule has 5 rings (SSSR count). The lowest BCUT2D eigenvalue weighted by atomic mass is 9.51. The molecule has 226 valence electrons. The number of anilines is 1. The van der Waals surface area contributed by atoms with Gasteiger partial charge >= 0.3 is 0 Å². The van der Waals surface area contributed by atoms with Crippen LogP contribution in [0.2, 0.25) is 0 Å². The van der Waals surface area contributed by atoms with Crippen molar-refractivity contribution in [3.8, 4) is 0 Å². The van der Waals surface area contributed by atoms with Crippen LogP contribution in [0, 0.1) is 23.2 Å². The summed E-state index contributed by atoms with van der Waals surface area (Å²) in [6.07, 6.45) is 14.9. The summed E-state index contributed by atoms with van der Waals surface area (Å²) in [6.45, 7) is 9.24. The molecule has 0 amide bonds. The third-order valence-corrected chi connectivity index (χ3v) is 10.5. The van der Waals surface area contributed by atoms with Crippen molar-refractivity contribution < 1.29 is 14.4 Å². The predicted octanol–water partition coefficient (Wildman–Crippen LogP) is 9.04. The molecule has 0 aromatic heterocycles. The van der Waals surface area contributed by atoms with Gasteiger partial charge in [-0.25, -0.2) is 0 Å². The van der Waals surface area contributed by atoms with Gasteiger partial charge in [-0.2, -0.15) is 0 Å². The molecule has 0 radical (unpaired) electrons. The minimum Gasteiger partial charge on any atom is -0.375 e. The average molecular weight is 562 g/mol. The number of ketones is 2. The van der Waals surface area contributed by atoms with Crippen LogP contribution in [-0.4, -0.2) is 31.4 Å². The lowest BCUT2D eigenvalue weighted by Gasteiger charge is -2.52. The van der Waals surface area contributed by atoms with Gasteiger partial charge in [0.1, 0.15) is 12.1 Å². The Morgan fingerprint density at radius 3 is 2.39 bits per heavy atom. The summed E-state index contributed by atoms with van der Waals surface area (Å²) < 4.78 is 0. The molecule has 0 aliphatic heterocycles. The molecule has 4 heteroatoms. The van der Waals surface area contributed by atoms with E-state index in [2.05, 4.69) is 43.1 Å². The highest BCUT2D eigenvalue weighted by molar-refractivity contribution is 5.93. The summed E-state index contributed by atoms with van der Waals surface area (Å²) in [5.41, 5.74) is 7.05. The first-order chi connectivity index (χ1) is 19.3. The van der Waals surface area contributed by atoms with Gasteiger partial charge in [0.25, 0.3) is 0 Å². The minimum absolute atomic E-state index is 0. The Balaban J connectivity index is 0.00000151. The molecule has 0 saturated heterocycles. The van der Waals surface area contributed by atoms with Crippen molar-refractivity contribution in [3.63, 3.8) is 0 Å². The second kappa shape index (κ2) is 14.6. The number of Topliss-reactive ketones (excluding diaryl/α,β-unsaturated/α-hetero) is 1. The number of unbranched alkanes of at least 4 members (excludes halogenated alkanes) is 4. The lowest BCUT2D eigenvalue weighted by Crippen LogP contribution is -2.44. The summed E-state index contributed by atoms with van der Waals surface area (Å²) in [6, 6.07) is 9.21. The molecule has 5 unspecified atom stereocenters. The third-order valence-electron chi connectivity index (χ3n) is 10.5. The smallest absolute Gasteiger partial charge is 0.156 e. The minimum atomic E-state index is 0. The van der Waals surface area contributed by atoms with E-state index in [9.17, 15) is 14.4 Å². The Hall–Kier alpha value is -2.49. The molecular formula is C37H55NO3. The number of rotatable bonds is 10. The maximum absolute atomic E-state index is 12.8. The highest BCUT2D eigenvalue weighted by Crippen LogP contribution is 2.65. The van der Waals surface area contributed by atoms with E-state index >= 15 is 0 Å². The zero-order chi connectivity index (χ0) is 28.9. The van der Waals surface area contributed by atoms with Crippen LogP contribution in [0.1, 0.15) is 124 Å². The van der Waals surface area contributed by atoms with Gasteiger partial charge in [-0.1, -0.05) is 58.7 Å². The molecule has 0 spiro atoms. The largest absolute Gasteiger partial charge is 0.375 e. The molecule has 1 aromatic carbocycles. The van der Waals surface area contributed by atoms with Gasteiger partial charge in [-0.05, 0) is 110 Å². The first-order valence-corrected chi connectivity index (χ1v) is 16.1.